The number of para-hydroxylation sites is 2. The molecule has 1 aliphatic rings. The van der Waals surface area contributed by atoms with Crippen LogP contribution in [0, 0.1) is 13.8 Å². The molecule has 0 bridgehead atoms. The summed E-state index contributed by atoms with van der Waals surface area (Å²) in [5, 5.41) is 8.32. The lowest BCUT2D eigenvalue weighted by molar-refractivity contribution is -0.115. The number of halogens is 1. The van der Waals surface area contributed by atoms with Crippen LogP contribution < -0.4 is 10.2 Å². The molecule has 1 saturated heterocycles. The van der Waals surface area contributed by atoms with Gasteiger partial charge >= 0.3 is 0 Å². The van der Waals surface area contributed by atoms with Crippen molar-refractivity contribution in [3.63, 3.8) is 0 Å². The number of nitrogens with zero attached hydrogens (tertiary/aromatic N) is 3. The minimum atomic E-state index is -0.0920. The molecule has 30 heavy (non-hydrogen) atoms. The van der Waals surface area contributed by atoms with Crippen molar-refractivity contribution in [3.8, 4) is 5.69 Å². The van der Waals surface area contributed by atoms with Crippen LogP contribution in [-0.2, 0) is 16.0 Å². The Hall–Kier alpha value is -2.83. The minimum absolute atomic E-state index is 0.0920. The van der Waals surface area contributed by atoms with Crippen molar-refractivity contribution in [2.24, 2.45) is 0 Å². The van der Waals surface area contributed by atoms with Gasteiger partial charge in [-0.2, -0.15) is 5.10 Å². The standard InChI is InChI=1S/C23H25ClN4O2/c1-16-19(17(2)28(26-16)18-7-4-3-5-8-18)15-22(29)25-21-10-6-9-20(24)23(21)27-11-13-30-14-12-27/h3-10H,11-15H2,1-2H3,(H,25,29). The molecule has 2 aromatic carbocycles. The molecule has 1 aromatic heterocycles. The van der Waals surface area contributed by atoms with Gasteiger partial charge < -0.3 is 15.0 Å². The molecule has 0 radical (unpaired) electrons. The summed E-state index contributed by atoms with van der Waals surface area (Å²) < 4.78 is 7.33. The molecule has 1 aliphatic heterocycles. The number of carbonyl (C=O) groups excluding carboxylic acids is 1. The Morgan fingerprint density at radius 2 is 1.83 bits per heavy atom. The molecule has 3 aromatic rings. The monoisotopic (exact) mass is 424 g/mol. The summed E-state index contributed by atoms with van der Waals surface area (Å²) in [6, 6.07) is 15.5. The Balaban J connectivity index is 1.55. The maximum absolute atomic E-state index is 12.9. The molecule has 156 valence electrons. The first-order chi connectivity index (χ1) is 14.5. The van der Waals surface area contributed by atoms with Gasteiger partial charge in [0, 0.05) is 24.3 Å². The van der Waals surface area contributed by atoms with Gasteiger partial charge in [-0.3, -0.25) is 4.79 Å². The van der Waals surface area contributed by atoms with Gasteiger partial charge in [0.25, 0.3) is 0 Å². The second kappa shape index (κ2) is 8.90. The quantitative estimate of drug-likeness (QED) is 0.668. The molecule has 7 heteroatoms. The van der Waals surface area contributed by atoms with Crippen molar-refractivity contribution in [1.29, 1.82) is 0 Å². The van der Waals surface area contributed by atoms with Crippen LogP contribution >= 0.6 is 11.6 Å². The average molecular weight is 425 g/mol. The number of aromatic nitrogens is 2. The zero-order valence-corrected chi connectivity index (χ0v) is 17.9. The molecule has 4 rings (SSSR count). The zero-order chi connectivity index (χ0) is 21.1. The van der Waals surface area contributed by atoms with E-state index < -0.39 is 0 Å². The van der Waals surface area contributed by atoms with Gasteiger partial charge in [-0.05, 0) is 38.1 Å². The number of benzene rings is 2. The van der Waals surface area contributed by atoms with E-state index >= 15 is 0 Å². The third-order valence-corrected chi connectivity index (χ3v) is 5.67. The average Bonchev–Trinajstić information content (AvgIpc) is 3.03. The Morgan fingerprint density at radius 1 is 1.10 bits per heavy atom. The molecular formula is C23H25ClN4O2. The Bertz CT molecular complexity index is 1040. The predicted molar refractivity (Wildman–Crippen MR) is 120 cm³/mol. The Labute approximate surface area is 181 Å². The smallest absolute Gasteiger partial charge is 0.228 e. The highest BCUT2D eigenvalue weighted by molar-refractivity contribution is 6.34. The fraction of sp³-hybridized carbons (Fsp3) is 0.304. The first-order valence-corrected chi connectivity index (χ1v) is 10.4. The predicted octanol–water partition coefficient (Wildman–Crippen LogP) is 4.16. The maximum Gasteiger partial charge on any atom is 0.228 e. The third-order valence-electron chi connectivity index (χ3n) is 5.37. The van der Waals surface area contributed by atoms with E-state index in [0.717, 1.165) is 47.1 Å². The molecule has 0 aliphatic carbocycles. The van der Waals surface area contributed by atoms with Crippen molar-refractivity contribution in [1.82, 2.24) is 9.78 Å². The van der Waals surface area contributed by atoms with Gasteiger partial charge in [-0.25, -0.2) is 4.68 Å². The van der Waals surface area contributed by atoms with E-state index in [0.29, 0.717) is 18.2 Å². The van der Waals surface area contributed by atoms with Crippen molar-refractivity contribution < 1.29 is 9.53 Å². The van der Waals surface area contributed by atoms with Gasteiger partial charge in [0.15, 0.2) is 0 Å². The number of carbonyl (C=O) groups is 1. The van der Waals surface area contributed by atoms with E-state index in [1.165, 1.54) is 0 Å². The second-order valence-electron chi connectivity index (χ2n) is 7.36. The van der Waals surface area contributed by atoms with E-state index in [-0.39, 0.29) is 12.3 Å². The number of morpholine rings is 1. The van der Waals surface area contributed by atoms with E-state index in [1.807, 2.05) is 67.1 Å². The van der Waals surface area contributed by atoms with Gasteiger partial charge in [0.2, 0.25) is 5.91 Å². The van der Waals surface area contributed by atoms with Gasteiger partial charge in [0.05, 0.1) is 47.4 Å². The largest absolute Gasteiger partial charge is 0.378 e. The van der Waals surface area contributed by atoms with Crippen LogP contribution in [0.15, 0.2) is 48.5 Å². The fourth-order valence-electron chi connectivity index (χ4n) is 3.83. The minimum Gasteiger partial charge on any atom is -0.378 e. The van der Waals surface area contributed by atoms with Crippen LogP contribution in [0.5, 0.6) is 0 Å². The Morgan fingerprint density at radius 3 is 2.57 bits per heavy atom. The van der Waals surface area contributed by atoms with Gasteiger partial charge in [-0.15, -0.1) is 0 Å². The first-order valence-electron chi connectivity index (χ1n) is 10.1. The molecular weight excluding hydrogens is 400 g/mol. The summed E-state index contributed by atoms with van der Waals surface area (Å²) in [6.07, 6.45) is 0.250. The summed E-state index contributed by atoms with van der Waals surface area (Å²) >= 11 is 6.48. The molecule has 1 fully saturated rings. The highest BCUT2D eigenvalue weighted by Gasteiger charge is 2.21. The summed E-state index contributed by atoms with van der Waals surface area (Å²) in [5.74, 6) is -0.0920. The Kier molecular flexibility index (Phi) is 6.06. The molecule has 1 N–H and O–H groups in total. The highest BCUT2D eigenvalue weighted by atomic mass is 35.5. The van der Waals surface area contributed by atoms with Crippen LogP contribution in [0.3, 0.4) is 0 Å². The van der Waals surface area contributed by atoms with Crippen LogP contribution in [0.2, 0.25) is 5.02 Å². The number of nitrogens with one attached hydrogen (secondary N) is 1. The number of anilines is 2. The second-order valence-corrected chi connectivity index (χ2v) is 7.76. The lowest BCUT2D eigenvalue weighted by Gasteiger charge is -2.31. The first kappa shape index (κ1) is 20.4. The molecule has 2 heterocycles. The van der Waals surface area contributed by atoms with Gasteiger partial charge in [0.1, 0.15) is 0 Å². The normalized spacial score (nSPS) is 14.0. The molecule has 0 atom stereocenters. The lowest BCUT2D eigenvalue weighted by Crippen LogP contribution is -2.37. The van der Waals surface area contributed by atoms with Crippen LogP contribution in [0.4, 0.5) is 11.4 Å². The van der Waals surface area contributed by atoms with Crippen molar-refractivity contribution >= 4 is 28.9 Å². The van der Waals surface area contributed by atoms with Crippen LogP contribution in [0.25, 0.3) is 5.69 Å². The number of aryl methyl sites for hydroxylation is 1. The van der Waals surface area contributed by atoms with E-state index in [2.05, 4.69) is 15.3 Å². The number of hydrogen-bond donors (Lipinski definition) is 1. The molecule has 0 saturated carbocycles. The van der Waals surface area contributed by atoms with E-state index in [1.54, 1.807) is 0 Å². The van der Waals surface area contributed by atoms with E-state index in [9.17, 15) is 4.79 Å². The van der Waals surface area contributed by atoms with Crippen molar-refractivity contribution in [3.05, 3.63) is 70.5 Å². The van der Waals surface area contributed by atoms with Crippen LogP contribution in [-0.4, -0.2) is 42.0 Å². The number of ether oxygens (including phenoxy) is 1. The molecule has 6 nitrogen and oxygen atoms in total. The van der Waals surface area contributed by atoms with Crippen molar-refractivity contribution in [2.45, 2.75) is 20.3 Å². The number of hydrogen-bond acceptors (Lipinski definition) is 4. The fourth-order valence-corrected chi connectivity index (χ4v) is 4.12. The molecule has 1 amide bonds. The lowest BCUT2D eigenvalue weighted by atomic mass is 10.1. The summed E-state index contributed by atoms with van der Waals surface area (Å²) in [5.41, 5.74) is 5.31. The summed E-state index contributed by atoms with van der Waals surface area (Å²) in [7, 11) is 0. The molecule has 0 spiro atoms. The van der Waals surface area contributed by atoms with Crippen LogP contribution in [0.1, 0.15) is 17.0 Å². The van der Waals surface area contributed by atoms with Gasteiger partial charge in [-0.1, -0.05) is 35.9 Å². The van der Waals surface area contributed by atoms with Crippen molar-refractivity contribution in [2.75, 3.05) is 36.5 Å². The highest BCUT2D eigenvalue weighted by Crippen LogP contribution is 2.34. The topological polar surface area (TPSA) is 59.4 Å². The third kappa shape index (κ3) is 4.20. The van der Waals surface area contributed by atoms with E-state index in [4.69, 9.17) is 16.3 Å². The maximum atomic E-state index is 12.9. The SMILES string of the molecule is Cc1nn(-c2ccccc2)c(C)c1CC(=O)Nc1cccc(Cl)c1N1CCOCC1. The zero-order valence-electron chi connectivity index (χ0n) is 17.2. The molecule has 0 unspecified atom stereocenters. The number of amides is 1. The number of rotatable bonds is 5. The summed E-state index contributed by atoms with van der Waals surface area (Å²) in [4.78, 5) is 15.1. The summed E-state index contributed by atoms with van der Waals surface area (Å²) in [6.45, 7) is 6.72.